The van der Waals surface area contributed by atoms with E-state index in [0.717, 1.165) is 24.8 Å². The number of hydrogen-bond acceptors (Lipinski definition) is 2. The van der Waals surface area contributed by atoms with Crippen molar-refractivity contribution >= 4 is 11.8 Å². The zero-order valence-corrected chi connectivity index (χ0v) is 16.3. The van der Waals surface area contributed by atoms with Crippen LogP contribution in [0.5, 0.6) is 0 Å². The van der Waals surface area contributed by atoms with E-state index in [1.165, 1.54) is 23.3 Å². The maximum Gasteiger partial charge on any atom is 0.226 e. The van der Waals surface area contributed by atoms with Gasteiger partial charge in [-0.3, -0.25) is 9.59 Å². The third-order valence-electron chi connectivity index (χ3n) is 5.24. The molecule has 3 rings (SSSR count). The number of carbonyl (C=O) groups is 2. The number of carbonyl (C=O) groups excluding carboxylic acids is 2. The Hall–Kier alpha value is -2.69. The van der Waals surface area contributed by atoms with Gasteiger partial charge in [-0.2, -0.15) is 0 Å². The average molecular weight is 382 g/mol. The van der Waals surface area contributed by atoms with Crippen molar-refractivity contribution in [2.24, 2.45) is 0 Å². The van der Waals surface area contributed by atoms with Gasteiger partial charge in [0.15, 0.2) is 0 Å². The van der Waals surface area contributed by atoms with Crippen LogP contribution in [0.1, 0.15) is 36.0 Å². The standard InChI is InChI=1S/C23H27FN2O2/c1-17-2-4-18(5-3-17)8-11-22(27)25-21-12-14-26(15-13-21)23(28)16-19-6-9-20(24)10-7-19/h2-7,9-10,21H,8,11-16H2,1H3,(H,25,27). The van der Waals surface area contributed by atoms with E-state index >= 15 is 0 Å². The lowest BCUT2D eigenvalue weighted by atomic mass is 10.0. The lowest BCUT2D eigenvalue weighted by molar-refractivity contribution is -0.131. The number of nitrogens with one attached hydrogen (secondary N) is 1. The highest BCUT2D eigenvalue weighted by molar-refractivity contribution is 5.79. The van der Waals surface area contributed by atoms with Crippen molar-refractivity contribution < 1.29 is 14.0 Å². The van der Waals surface area contributed by atoms with E-state index < -0.39 is 0 Å². The Kier molecular flexibility index (Phi) is 6.80. The number of hydrogen-bond donors (Lipinski definition) is 1. The minimum Gasteiger partial charge on any atom is -0.353 e. The quantitative estimate of drug-likeness (QED) is 0.832. The molecule has 0 aromatic heterocycles. The van der Waals surface area contributed by atoms with Crippen LogP contribution in [0.25, 0.3) is 0 Å². The molecule has 0 unspecified atom stereocenters. The largest absolute Gasteiger partial charge is 0.353 e. The molecule has 1 aliphatic heterocycles. The first-order chi connectivity index (χ1) is 13.5. The third-order valence-corrected chi connectivity index (χ3v) is 5.24. The van der Waals surface area contributed by atoms with Crippen LogP contribution in [0.15, 0.2) is 48.5 Å². The molecule has 28 heavy (non-hydrogen) atoms. The molecule has 0 radical (unpaired) electrons. The summed E-state index contributed by atoms with van der Waals surface area (Å²) in [5.41, 5.74) is 3.20. The summed E-state index contributed by atoms with van der Waals surface area (Å²) in [5, 5.41) is 3.10. The molecular weight excluding hydrogens is 355 g/mol. The summed E-state index contributed by atoms with van der Waals surface area (Å²) in [5.74, 6) is -0.178. The number of halogens is 1. The van der Waals surface area contributed by atoms with Crippen molar-refractivity contribution in [3.63, 3.8) is 0 Å². The molecule has 2 amide bonds. The molecule has 4 nitrogen and oxygen atoms in total. The highest BCUT2D eigenvalue weighted by atomic mass is 19.1. The average Bonchev–Trinajstić information content (AvgIpc) is 2.70. The number of aryl methyl sites for hydroxylation is 2. The first-order valence-corrected chi connectivity index (χ1v) is 9.87. The Balaban J connectivity index is 1.38. The molecular formula is C23H27FN2O2. The van der Waals surface area contributed by atoms with E-state index in [1.54, 1.807) is 12.1 Å². The maximum atomic E-state index is 13.0. The third kappa shape index (κ3) is 5.91. The molecule has 0 bridgehead atoms. The predicted molar refractivity (Wildman–Crippen MR) is 107 cm³/mol. The molecule has 148 valence electrons. The van der Waals surface area contributed by atoms with Gasteiger partial charge in [-0.1, -0.05) is 42.0 Å². The van der Waals surface area contributed by atoms with Gasteiger partial charge in [0.1, 0.15) is 5.82 Å². The Morgan fingerprint density at radius 3 is 2.25 bits per heavy atom. The van der Waals surface area contributed by atoms with Crippen molar-refractivity contribution in [2.45, 2.75) is 45.1 Å². The Labute approximate surface area is 165 Å². The Bertz CT molecular complexity index is 794. The summed E-state index contributed by atoms with van der Waals surface area (Å²) in [6, 6.07) is 14.4. The summed E-state index contributed by atoms with van der Waals surface area (Å²) in [6.45, 7) is 3.33. The Morgan fingerprint density at radius 1 is 1.00 bits per heavy atom. The van der Waals surface area contributed by atoms with E-state index in [2.05, 4.69) is 29.6 Å². The van der Waals surface area contributed by atoms with Gasteiger partial charge in [-0.15, -0.1) is 0 Å². The smallest absolute Gasteiger partial charge is 0.226 e. The molecule has 0 saturated carbocycles. The Morgan fingerprint density at radius 2 is 1.61 bits per heavy atom. The van der Waals surface area contributed by atoms with E-state index in [-0.39, 0.29) is 30.1 Å². The van der Waals surface area contributed by atoms with Gasteiger partial charge in [0.25, 0.3) is 0 Å². The van der Waals surface area contributed by atoms with Crippen molar-refractivity contribution in [3.05, 3.63) is 71.0 Å². The van der Waals surface area contributed by atoms with Gasteiger partial charge in [0, 0.05) is 25.6 Å². The molecule has 0 spiro atoms. The van der Waals surface area contributed by atoms with Crippen LogP contribution >= 0.6 is 0 Å². The monoisotopic (exact) mass is 382 g/mol. The number of rotatable bonds is 6. The van der Waals surface area contributed by atoms with E-state index in [1.807, 2.05) is 11.8 Å². The molecule has 0 atom stereocenters. The second-order valence-electron chi connectivity index (χ2n) is 7.51. The van der Waals surface area contributed by atoms with Crippen LogP contribution in [0, 0.1) is 12.7 Å². The normalized spacial score (nSPS) is 14.7. The zero-order valence-electron chi connectivity index (χ0n) is 16.3. The summed E-state index contributed by atoms with van der Waals surface area (Å²) in [7, 11) is 0. The molecule has 2 aromatic rings. The van der Waals surface area contributed by atoms with Crippen LogP contribution in [-0.4, -0.2) is 35.8 Å². The van der Waals surface area contributed by atoms with Gasteiger partial charge in [0.05, 0.1) is 6.42 Å². The highest BCUT2D eigenvalue weighted by Gasteiger charge is 2.23. The van der Waals surface area contributed by atoms with Crippen LogP contribution in [0.3, 0.4) is 0 Å². The molecule has 1 aliphatic rings. The summed E-state index contributed by atoms with van der Waals surface area (Å²) < 4.78 is 13.0. The van der Waals surface area contributed by atoms with Gasteiger partial charge in [0.2, 0.25) is 11.8 Å². The molecule has 1 N–H and O–H groups in total. The van der Waals surface area contributed by atoms with E-state index in [4.69, 9.17) is 0 Å². The maximum absolute atomic E-state index is 13.0. The number of piperidine rings is 1. The molecule has 5 heteroatoms. The fourth-order valence-corrected chi connectivity index (χ4v) is 3.47. The van der Waals surface area contributed by atoms with Crippen LogP contribution in [0.4, 0.5) is 4.39 Å². The first-order valence-electron chi connectivity index (χ1n) is 9.87. The summed E-state index contributed by atoms with van der Waals surface area (Å²) in [4.78, 5) is 26.5. The van der Waals surface area contributed by atoms with Gasteiger partial charge >= 0.3 is 0 Å². The lowest BCUT2D eigenvalue weighted by Gasteiger charge is -2.32. The highest BCUT2D eigenvalue weighted by Crippen LogP contribution is 2.14. The summed E-state index contributed by atoms with van der Waals surface area (Å²) in [6.07, 6.45) is 3.04. The minimum atomic E-state index is -0.296. The molecule has 1 heterocycles. The zero-order chi connectivity index (χ0) is 19.9. The second-order valence-corrected chi connectivity index (χ2v) is 7.51. The van der Waals surface area contributed by atoms with Crippen LogP contribution < -0.4 is 5.32 Å². The van der Waals surface area contributed by atoms with E-state index in [9.17, 15) is 14.0 Å². The lowest BCUT2D eigenvalue weighted by Crippen LogP contribution is -2.47. The van der Waals surface area contributed by atoms with Crippen molar-refractivity contribution in [1.82, 2.24) is 10.2 Å². The minimum absolute atomic E-state index is 0.0516. The van der Waals surface area contributed by atoms with Crippen LogP contribution in [-0.2, 0) is 22.4 Å². The van der Waals surface area contributed by atoms with Crippen molar-refractivity contribution in [2.75, 3.05) is 13.1 Å². The fourth-order valence-electron chi connectivity index (χ4n) is 3.47. The topological polar surface area (TPSA) is 49.4 Å². The van der Waals surface area contributed by atoms with Gasteiger partial charge in [-0.25, -0.2) is 4.39 Å². The predicted octanol–water partition coefficient (Wildman–Crippen LogP) is 3.42. The van der Waals surface area contributed by atoms with E-state index in [0.29, 0.717) is 19.5 Å². The van der Waals surface area contributed by atoms with Gasteiger partial charge < -0.3 is 10.2 Å². The molecule has 1 fully saturated rings. The van der Waals surface area contributed by atoms with Crippen molar-refractivity contribution in [3.8, 4) is 0 Å². The fraction of sp³-hybridized carbons (Fsp3) is 0.391. The van der Waals surface area contributed by atoms with Gasteiger partial charge in [-0.05, 0) is 49.4 Å². The molecule has 1 saturated heterocycles. The molecule has 0 aliphatic carbocycles. The van der Waals surface area contributed by atoms with Crippen molar-refractivity contribution in [1.29, 1.82) is 0 Å². The number of benzene rings is 2. The second kappa shape index (κ2) is 9.49. The summed E-state index contributed by atoms with van der Waals surface area (Å²) >= 11 is 0. The number of amides is 2. The SMILES string of the molecule is Cc1ccc(CCC(=O)NC2CCN(C(=O)Cc3ccc(F)cc3)CC2)cc1. The first kappa shape index (κ1) is 20.1. The molecule has 2 aromatic carbocycles. The number of nitrogens with zero attached hydrogens (tertiary/aromatic N) is 1. The van der Waals surface area contributed by atoms with Crippen LogP contribution in [0.2, 0.25) is 0 Å². The number of likely N-dealkylation sites (tertiary alicyclic amines) is 1.